The van der Waals surface area contributed by atoms with Gasteiger partial charge in [-0.1, -0.05) is 6.07 Å². The molecule has 0 amide bonds. The molecule has 0 spiro atoms. The van der Waals surface area contributed by atoms with Gasteiger partial charge in [0.15, 0.2) is 11.5 Å². The first kappa shape index (κ1) is 18.7. The lowest BCUT2D eigenvalue weighted by molar-refractivity contribution is -0.132. The quantitative estimate of drug-likeness (QED) is 0.652. The van der Waals surface area contributed by atoms with E-state index in [1.165, 1.54) is 21.0 Å². The van der Waals surface area contributed by atoms with Gasteiger partial charge in [0.25, 0.3) is 0 Å². The largest absolute Gasteiger partial charge is 0.493 e. The molecule has 7 nitrogen and oxygen atoms in total. The van der Waals surface area contributed by atoms with Gasteiger partial charge < -0.3 is 24.1 Å². The molecule has 0 saturated heterocycles. The molecule has 1 aliphatic heterocycles. The fourth-order valence-corrected chi connectivity index (χ4v) is 3.03. The van der Waals surface area contributed by atoms with Crippen molar-refractivity contribution in [2.75, 3.05) is 13.7 Å². The molecular weight excluding hydrogens is 352 g/mol. The van der Waals surface area contributed by atoms with E-state index in [1.54, 1.807) is 36.4 Å². The third-order valence-electron chi connectivity index (χ3n) is 4.23. The zero-order chi connectivity index (χ0) is 19.6. The summed E-state index contributed by atoms with van der Waals surface area (Å²) in [6.45, 7) is 2.86. The third-order valence-corrected chi connectivity index (χ3v) is 4.23. The lowest BCUT2D eigenvalue weighted by Gasteiger charge is -2.31. The third kappa shape index (κ3) is 4.03. The van der Waals surface area contributed by atoms with Crippen molar-refractivity contribution in [3.63, 3.8) is 0 Å². The van der Waals surface area contributed by atoms with Gasteiger partial charge in [0.2, 0.25) is 0 Å². The van der Waals surface area contributed by atoms with Crippen LogP contribution in [0.25, 0.3) is 0 Å². The van der Waals surface area contributed by atoms with Crippen LogP contribution < -0.4 is 18.9 Å². The average molecular weight is 372 g/mol. The second-order valence-corrected chi connectivity index (χ2v) is 6.16. The minimum Gasteiger partial charge on any atom is -0.493 e. The fraction of sp³-hybridized carbons (Fsp3) is 0.300. The number of esters is 2. The molecule has 1 N–H and O–H groups in total. The minimum absolute atomic E-state index is 0.230. The summed E-state index contributed by atoms with van der Waals surface area (Å²) in [6.07, 6.45) is -0.815. The molecule has 1 aliphatic rings. The van der Waals surface area contributed by atoms with Crippen molar-refractivity contribution in [1.29, 1.82) is 0 Å². The lowest BCUT2D eigenvalue weighted by Crippen LogP contribution is -2.24. The van der Waals surface area contributed by atoms with Gasteiger partial charge in [-0.2, -0.15) is 0 Å². The molecule has 0 saturated carbocycles. The zero-order valence-electron chi connectivity index (χ0n) is 15.2. The van der Waals surface area contributed by atoms with E-state index in [9.17, 15) is 14.7 Å². The van der Waals surface area contributed by atoms with Crippen molar-refractivity contribution < 1.29 is 33.6 Å². The van der Waals surface area contributed by atoms with Crippen LogP contribution in [-0.2, 0) is 9.59 Å². The predicted octanol–water partition coefficient (Wildman–Crippen LogP) is 2.76. The monoisotopic (exact) mass is 372 g/mol. The summed E-state index contributed by atoms with van der Waals surface area (Å²) in [5.41, 5.74) is 1.38. The zero-order valence-corrected chi connectivity index (χ0v) is 15.2. The summed E-state index contributed by atoms with van der Waals surface area (Å²) in [5.74, 6) is 0.332. The van der Waals surface area contributed by atoms with Crippen LogP contribution in [0, 0.1) is 0 Å². The Bertz CT molecular complexity index is 875. The van der Waals surface area contributed by atoms with Gasteiger partial charge in [-0.25, -0.2) is 0 Å². The van der Waals surface area contributed by atoms with E-state index in [4.69, 9.17) is 18.9 Å². The molecule has 0 fully saturated rings. The molecule has 7 heteroatoms. The molecule has 27 heavy (non-hydrogen) atoms. The average Bonchev–Trinajstić information content (AvgIpc) is 2.61. The van der Waals surface area contributed by atoms with E-state index < -0.39 is 18.0 Å². The molecular formula is C20H20O7. The Morgan fingerprint density at radius 1 is 1.04 bits per heavy atom. The number of ether oxygens (including phenoxy) is 4. The highest BCUT2D eigenvalue weighted by Crippen LogP contribution is 2.43. The van der Waals surface area contributed by atoms with E-state index in [1.807, 2.05) is 0 Å². The highest BCUT2D eigenvalue weighted by atomic mass is 16.6. The number of aliphatic hydroxyl groups is 1. The van der Waals surface area contributed by atoms with E-state index >= 15 is 0 Å². The van der Waals surface area contributed by atoms with Crippen LogP contribution in [-0.4, -0.2) is 30.8 Å². The topological polar surface area (TPSA) is 91.3 Å². The molecule has 2 unspecified atom stereocenters. The summed E-state index contributed by atoms with van der Waals surface area (Å²) >= 11 is 0. The number of rotatable bonds is 4. The van der Waals surface area contributed by atoms with Crippen LogP contribution in [0.5, 0.6) is 23.0 Å². The molecule has 0 bridgehead atoms. The molecule has 142 valence electrons. The van der Waals surface area contributed by atoms with Crippen molar-refractivity contribution >= 4 is 11.9 Å². The van der Waals surface area contributed by atoms with E-state index in [2.05, 4.69) is 0 Å². The van der Waals surface area contributed by atoms with Crippen LogP contribution in [0.4, 0.5) is 0 Å². The Kier molecular flexibility index (Phi) is 5.32. The van der Waals surface area contributed by atoms with Crippen LogP contribution in [0.15, 0.2) is 36.4 Å². The van der Waals surface area contributed by atoms with Gasteiger partial charge >= 0.3 is 11.9 Å². The van der Waals surface area contributed by atoms with E-state index in [0.29, 0.717) is 28.6 Å². The van der Waals surface area contributed by atoms with E-state index in [0.717, 1.165) is 5.56 Å². The van der Waals surface area contributed by atoms with Gasteiger partial charge in [0.1, 0.15) is 11.5 Å². The second kappa shape index (κ2) is 7.67. The number of aliphatic hydroxyl groups excluding tert-OH is 1. The number of fused-ring (bicyclic) bond motifs is 1. The number of hydrogen-bond donors (Lipinski definition) is 1. The van der Waals surface area contributed by atoms with Gasteiger partial charge in [0.05, 0.1) is 19.8 Å². The van der Waals surface area contributed by atoms with Crippen LogP contribution in [0.1, 0.15) is 37.0 Å². The Morgan fingerprint density at radius 3 is 2.44 bits per heavy atom. The molecule has 0 radical (unpaired) electrons. The summed E-state index contributed by atoms with van der Waals surface area (Å²) in [5, 5.41) is 10.8. The number of benzene rings is 2. The number of hydrogen-bond acceptors (Lipinski definition) is 7. The highest BCUT2D eigenvalue weighted by Gasteiger charge is 2.31. The summed E-state index contributed by atoms with van der Waals surface area (Å²) in [6, 6.07) is 9.97. The minimum atomic E-state index is -0.815. The standard InChI is InChI=1S/C20H20O7/c1-11(21)26-14-5-6-15-18(9-14)25-10-16(20(15)23)13-4-7-17(27-12(2)22)19(8-13)24-3/h4-9,16,20,23H,10H2,1-3H3. The van der Waals surface area contributed by atoms with Crippen molar-refractivity contribution in [2.45, 2.75) is 25.9 Å². The van der Waals surface area contributed by atoms with Crippen molar-refractivity contribution in [1.82, 2.24) is 0 Å². The number of methoxy groups -OCH3 is 1. The summed E-state index contributed by atoms with van der Waals surface area (Å²) in [7, 11) is 1.48. The molecule has 0 aromatic heterocycles. The molecule has 2 aromatic rings. The number of carbonyl (C=O) groups excluding carboxylic acids is 2. The van der Waals surface area contributed by atoms with Crippen molar-refractivity contribution in [3.05, 3.63) is 47.5 Å². The Balaban J connectivity index is 1.87. The lowest BCUT2D eigenvalue weighted by atomic mass is 9.87. The van der Waals surface area contributed by atoms with Crippen molar-refractivity contribution in [3.8, 4) is 23.0 Å². The highest BCUT2D eigenvalue weighted by molar-refractivity contribution is 5.70. The van der Waals surface area contributed by atoms with Crippen LogP contribution >= 0.6 is 0 Å². The maximum atomic E-state index is 11.2. The van der Waals surface area contributed by atoms with Gasteiger partial charge in [-0.15, -0.1) is 0 Å². The first-order chi connectivity index (χ1) is 12.9. The Labute approximate surface area is 156 Å². The summed E-state index contributed by atoms with van der Waals surface area (Å²) in [4.78, 5) is 22.3. The Hall–Kier alpha value is -3.06. The smallest absolute Gasteiger partial charge is 0.308 e. The van der Waals surface area contributed by atoms with E-state index in [-0.39, 0.29) is 12.5 Å². The predicted molar refractivity (Wildman–Crippen MR) is 95.2 cm³/mol. The van der Waals surface area contributed by atoms with Crippen LogP contribution in [0.2, 0.25) is 0 Å². The molecule has 1 heterocycles. The first-order valence-corrected chi connectivity index (χ1v) is 8.38. The molecule has 3 rings (SSSR count). The second-order valence-electron chi connectivity index (χ2n) is 6.16. The van der Waals surface area contributed by atoms with Crippen LogP contribution in [0.3, 0.4) is 0 Å². The maximum absolute atomic E-state index is 11.2. The maximum Gasteiger partial charge on any atom is 0.308 e. The van der Waals surface area contributed by atoms with Gasteiger partial charge in [0, 0.05) is 31.4 Å². The number of carbonyl (C=O) groups is 2. The normalized spacial score (nSPS) is 18.1. The molecule has 2 aromatic carbocycles. The van der Waals surface area contributed by atoms with Gasteiger partial charge in [-0.05, 0) is 29.8 Å². The SMILES string of the molecule is COc1cc(C2COc3cc(OC(C)=O)ccc3C2O)ccc1OC(C)=O. The first-order valence-electron chi connectivity index (χ1n) is 8.38. The molecule has 2 atom stereocenters. The Morgan fingerprint density at radius 2 is 1.78 bits per heavy atom. The fourth-order valence-electron chi connectivity index (χ4n) is 3.03. The van der Waals surface area contributed by atoms with Gasteiger partial charge in [-0.3, -0.25) is 9.59 Å². The summed E-state index contributed by atoms with van der Waals surface area (Å²) < 4.78 is 21.2. The van der Waals surface area contributed by atoms with Crippen molar-refractivity contribution in [2.24, 2.45) is 0 Å². The molecule has 0 aliphatic carbocycles.